The van der Waals surface area contributed by atoms with E-state index in [9.17, 15) is 8.42 Å². The van der Waals surface area contributed by atoms with Crippen LogP contribution in [0.4, 0.5) is 0 Å². The van der Waals surface area contributed by atoms with Gasteiger partial charge in [-0.2, -0.15) is 0 Å². The maximum atomic E-state index is 12.3. The molecule has 0 aliphatic carbocycles. The molecule has 0 aliphatic heterocycles. The molecule has 2 N–H and O–H groups in total. The molecule has 0 heterocycles. The molecule has 4 nitrogen and oxygen atoms in total. The van der Waals surface area contributed by atoms with Gasteiger partial charge in [-0.15, -0.1) is 0 Å². The lowest BCUT2D eigenvalue weighted by atomic mass is 10.2. The van der Waals surface area contributed by atoms with Crippen LogP contribution in [-0.2, 0) is 16.4 Å². The lowest BCUT2D eigenvalue weighted by Gasteiger charge is -2.11. The van der Waals surface area contributed by atoms with Crippen molar-refractivity contribution in [1.29, 1.82) is 0 Å². The lowest BCUT2D eigenvalue weighted by Crippen LogP contribution is -2.15. The zero-order valence-electron chi connectivity index (χ0n) is 11.3. The molecule has 0 unspecified atom stereocenters. The van der Waals surface area contributed by atoms with Crippen molar-refractivity contribution in [2.24, 2.45) is 5.73 Å². The summed E-state index contributed by atoms with van der Waals surface area (Å²) in [7, 11) is -3.38. The number of benzene rings is 2. The number of halogens is 1. The third-order valence-corrected chi connectivity index (χ3v) is 5.66. The predicted molar refractivity (Wildman–Crippen MR) is 86.0 cm³/mol. The van der Waals surface area contributed by atoms with E-state index < -0.39 is 9.84 Å². The summed E-state index contributed by atoms with van der Waals surface area (Å²) in [5, 5.41) is 0. The zero-order valence-corrected chi connectivity index (χ0v) is 13.7. The van der Waals surface area contributed by atoms with Crippen molar-refractivity contribution in [3.8, 4) is 5.75 Å². The molecule has 0 saturated heterocycles. The highest BCUT2D eigenvalue weighted by Gasteiger charge is 2.17. The average molecular weight is 370 g/mol. The first-order chi connectivity index (χ1) is 10.0. The fraction of sp³-hybridized carbons (Fsp3) is 0.200. The zero-order chi connectivity index (χ0) is 15.3. The van der Waals surface area contributed by atoms with Gasteiger partial charge in [0, 0.05) is 16.6 Å². The number of para-hydroxylation sites is 1. The lowest BCUT2D eigenvalue weighted by molar-refractivity contribution is 0.337. The van der Waals surface area contributed by atoms with Gasteiger partial charge in [-0.3, -0.25) is 0 Å². The molecule has 21 heavy (non-hydrogen) atoms. The van der Waals surface area contributed by atoms with Crippen LogP contribution >= 0.6 is 15.9 Å². The van der Waals surface area contributed by atoms with Gasteiger partial charge in [-0.05, 0) is 34.1 Å². The second kappa shape index (κ2) is 7.06. The first kappa shape index (κ1) is 16.0. The largest absolute Gasteiger partial charge is 0.492 e. The normalized spacial score (nSPS) is 11.3. The average Bonchev–Trinajstić information content (AvgIpc) is 2.48. The molecular formula is C15H16BrNO3S. The van der Waals surface area contributed by atoms with Gasteiger partial charge in [0.15, 0.2) is 9.84 Å². The SMILES string of the molecule is NCc1ccccc1OCCS(=O)(=O)c1ccccc1Br. The molecule has 0 radical (unpaired) electrons. The van der Waals surface area contributed by atoms with E-state index >= 15 is 0 Å². The van der Waals surface area contributed by atoms with Crippen LogP contribution in [0.15, 0.2) is 57.9 Å². The van der Waals surface area contributed by atoms with E-state index in [2.05, 4.69) is 15.9 Å². The van der Waals surface area contributed by atoms with Gasteiger partial charge in [-0.25, -0.2) is 8.42 Å². The van der Waals surface area contributed by atoms with E-state index in [1.54, 1.807) is 30.3 Å². The van der Waals surface area contributed by atoms with Gasteiger partial charge < -0.3 is 10.5 Å². The number of sulfone groups is 1. The van der Waals surface area contributed by atoms with Crippen LogP contribution in [0.3, 0.4) is 0 Å². The Hall–Kier alpha value is -1.37. The fourth-order valence-electron chi connectivity index (χ4n) is 1.88. The van der Waals surface area contributed by atoms with Crippen molar-refractivity contribution < 1.29 is 13.2 Å². The predicted octanol–water partition coefficient (Wildman–Crippen LogP) is 2.76. The minimum atomic E-state index is -3.38. The molecule has 0 atom stereocenters. The highest BCUT2D eigenvalue weighted by atomic mass is 79.9. The second-order valence-corrected chi connectivity index (χ2v) is 7.34. The third-order valence-electron chi connectivity index (χ3n) is 2.97. The van der Waals surface area contributed by atoms with Crippen LogP contribution in [0.2, 0.25) is 0 Å². The van der Waals surface area contributed by atoms with Crippen LogP contribution < -0.4 is 10.5 Å². The quantitative estimate of drug-likeness (QED) is 0.849. The molecule has 2 aromatic rings. The maximum Gasteiger partial charge on any atom is 0.182 e. The third kappa shape index (κ3) is 4.06. The van der Waals surface area contributed by atoms with Crippen LogP contribution in [0.1, 0.15) is 5.56 Å². The summed E-state index contributed by atoms with van der Waals surface area (Å²) in [6.45, 7) is 0.438. The van der Waals surface area contributed by atoms with Crippen molar-refractivity contribution >= 4 is 25.8 Å². The molecule has 0 aliphatic rings. The molecule has 0 saturated carbocycles. The van der Waals surface area contributed by atoms with E-state index in [1.807, 2.05) is 18.2 Å². The molecule has 0 spiro atoms. The van der Waals surface area contributed by atoms with Crippen molar-refractivity contribution in [2.75, 3.05) is 12.4 Å². The number of hydrogen-bond acceptors (Lipinski definition) is 4. The van der Waals surface area contributed by atoms with Gasteiger partial charge in [0.05, 0.1) is 10.6 Å². The van der Waals surface area contributed by atoms with Crippen LogP contribution in [0.25, 0.3) is 0 Å². The smallest absolute Gasteiger partial charge is 0.182 e. The van der Waals surface area contributed by atoms with E-state index in [0.717, 1.165) is 5.56 Å². The standard InChI is InChI=1S/C15H16BrNO3S/c16-13-6-2-4-8-15(13)21(18,19)10-9-20-14-7-3-1-5-12(14)11-17/h1-8H,9-11,17H2. The summed E-state index contributed by atoms with van der Waals surface area (Å²) in [5.41, 5.74) is 6.47. The van der Waals surface area contributed by atoms with Crippen LogP contribution in [0.5, 0.6) is 5.75 Å². The van der Waals surface area contributed by atoms with E-state index in [1.165, 1.54) is 0 Å². The summed E-state index contributed by atoms with van der Waals surface area (Å²) in [6.07, 6.45) is 0. The van der Waals surface area contributed by atoms with Crippen molar-refractivity contribution in [3.63, 3.8) is 0 Å². The topological polar surface area (TPSA) is 69.4 Å². The second-order valence-electron chi connectivity index (χ2n) is 4.41. The van der Waals surface area contributed by atoms with Gasteiger partial charge in [-0.1, -0.05) is 30.3 Å². The fourth-order valence-corrected chi connectivity index (χ4v) is 4.08. The maximum absolute atomic E-state index is 12.3. The van der Waals surface area contributed by atoms with E-state index in [0.29, 0.717) is 16.8 Å². The van der Waals surface area contributed by atoms with Gasteiger partial charge >= 0.3 is 0 Å². The summed E-state index contributed by atoms with van der Waals surface area (Å²) in [5.74, 6) is 0.538. The molecule has 112 valence electrons. The summed E-state index contributed by atoms with van der Waals surface area (Å²) in [4.78, 5) is 0.278. The number of nitrogens with two attached hydrogens (primary N) is 1. The van der Waals surface area contributed by atoms with Crippen LogP contribution in [-0.4, -0.2) is 20.8 Å². The minimum Gasteiger partial charge on any atom is -0.492 e. The first-order valence-electron chi connectivity index (χ1n) is 6.42. The number of hydrogen-bond donors (Lipinski definition) is 1. The molecule has 0 fully saturated rings. The van der Waals surface area contributed by atoms with Gasteiger partial charge in [0.2, 0.25) is 0 Å². The number of ether oxygens (including phenoxy) is 1. The molecule has 0 bridgehead atoms. The Labute approximate surface area is 133 Å². The molecule has 0 aromatic heterocycles. The Morgan fingerprint density at radius 1 is 1.05 bits per heavy atom. The Morgan fingerprint density at radius 3 is 2.43 bits per heavy atom. The highest BCUT2D eigenvalue weighted by molar-refractivity contribution is 9.10. The summed E-state index contributed by atoms with van der Waals surface area (Å²) >= 11 is 3.26. The Morgan fingerprint density at radius 2 is 1.71 bits per heavy atom. The van der Waals surface area contributed by atoms with Crippen molar-refractivity contribution in [1.82, 2.24) is 0 Å². The van der Waals surface area contributed by atoms with Gasteiger partial charge in [0.25, 0.3) is 0 Å². The monoisotopic (exact) mass is 369 g/mol. The first-order valence-corrected chi connectivity index (χ1v) is 8.87. The minimum absolute atomic E-state index is 0.0840. The Balaban J connectivity index is 2.05. The summed E-state index contributed by atoms with van der Waals surface area (Å²) in [6, 6.07) is 14.1. The summed E-state index contributed by atoms with van der Waals surface area (Å²) < 4.78 is 30.6. The molecular weight excluding hydrogens is 354 g/mol. The highest BCUT2D eigenvalue weighted by Crippen LogP contribution is 2.23. The molecule has 2 aromatic carbocycles. The Kier molecular flexibility index (Phi) is 5.39. The molecule has 2 rings (SSSR count). The molecule has 6 heteroatoms. The number of rotatable bonds is 6. The van der Waals surface area contributed by atoms with E-state index in [4.69, 9.17) is 10.5 Å². The van der Waals surface area contributed by atoms with Crippen molar-refractivity contribution in [3.05, 3.63) is 58.6 Å². The van der Waals surface area contributed by atoms with Crippen LogP contribution in [0, 0.1) is 0 Å². The molecule has 0 amide bonds. The van der Waals surface area contributed by atoms with Crippen molar-refractivity contribution in [2.45, 2.75) is 11.4 Å². The van der Waals surface area contributed by atoms with E-state index in [-0.39, 0.29) is 17.3 Å². The Bertz CT molecular complexity index is 716. The van der Waals surface area contributed by atoms with Gasteiger partial charge in [0.1, 0.15) is 12.4 Å².